The van der Waals surface area contributed by atoms with Crippen LogP contribution >= 0.6 is 0 Å². The van der Waals surface area contributed by atoms with Gasteiger partial charge in [0.05, 0.1) is 0 Å². The summed E-state index contributed by atoms with van der Waals surface area (Å²) in [5.41, 5.74) is 0. The highest BCUT2D eigenvalue weighted by molar-refractivity contribution is 5.82. The van der Waals surface area contributed by atoms with Crippen LogP contribution in [0.1, 0.15) is 39.0 Å². The second-order valence-electron chi connectivity index (χ2n) is 5.56. The van der Waals surface area contributed by atoms with Gasteiger partial charge in [-0.1, -0.05) is 19.8 Å². The van der Waals surface area contributed by atoms with Gasteiger partial charge in [0.25, 0.3) is 0 Å². The molecule has 0 aromatic heterocycles. The molecule has 3 unspecified atom stereocenters. The Labute approximate surface area is 120 Å². The van der Waals surface area contributed by atoms with Crippen molar-refractivity contribution in [2.75, 3.05) is 20.8 Å². The smallest absolute Gasteiger partial charge is 0.326 e. The van der Waals surface area contributed by atoms with Crippen molar-refractivity contribution in [2.24, 2.45) is 5.92 Å². The van der Waals surface area contributed by atoms with Gasteiger partial charge in [0.2, 0.25) is 0 Å². The molecule has 116 valence electrons. The molecule has 6 nitrogen and oxygen atoms in total. The Morgan fingerprint density at radius 3 is 2.60 bits per heavy atom. The van der Waals surface area contributed by atoms with E-state index >= 15 is 0 Å². The van der Waals surface area contributed by atoms with Gasteiger partial charge in [-0.15, -0.1) is 0 Å². The fraction of sp³-hybridized carbons (Fsp3) is 0.857. The van der Waals surface area contributed by atoms with Crippen molar-refractivity contribution in [2.45, 2.75) is 51.1 Å². The number of rotatable bonds is 6. The van der Waals surface area contributed by atoms with Crippen molar-refractivity contribution in [1.82, 2.24) is 10.2 Å². The van der Waals surface area contributed by atoms with E-state index in [9.17, 15) is 9.59 Å². The van der Waals surface area contributed by atoms with Gasteiger partial charge in [-0.25, -0.2) is 9.59 Å². The number of carbonyl (C=O) groups excluding carboxylic acids is 1. The maximum atomic E-state index is 12.2. The molecule has 0 heterocycles. The minimum Gasteiger partial charge on any atom is -0.480 e. The van der Waals surface area contributed by atoms with Crippen LogP contribution in [0.25, 0.3) is 0 Å². The summed E-state index contributed by atoms with van der Waals surface area (Å²) in [7, 11) is 3.26. The number of hydrogen-bond acceptors (Lipinski definition) is 3. The molecule has 2 N–H and O–H groups in total. The lowest BCUT2D eigenvalue weighted by Crippen LogP contribution is -2.52. The van der Waals surface area contributed by atoms with Crippen molar-refractivity contribution < 1.29 is 19.4 Å². The molecule has 0 spiro atoms. The number of urea groups is 1. The van der Waals surface area contributed by atoms with Crippen molar-refractivity contribution in [3.63, 3.8) is 0 Å². The van der Waals surface area contributed by atoms with E-state index in [4.69, 9.17) is 9.84 Å². The average molecular weight is 286 g/mol. The number of carboxylic acid groups (broad SMARTS) is 1. The molecule has 0 aromatic rings. The first-order chi connectivity index (χ1) is 9.47. The number of carboxylic acids is 1. The summed E-state index contributed by atoms with van der Waals surface area (Å²) in [6, 6.07) is -1.02. The van der Waals surface area contributed by atoms with Crippen LogP contribution in [0, 0.1) is 5.92 Å². The lowest BCUT2D eigenvalue weighted by molar-refractivity contribution is -0.139. The van der Waals surface area contributed by atoms with E-state index < -0.39 is 12.0 Å². The van der Waals surface area contributed by atoms with Crippen LogP contribution in [-0.4, -0.2) is 54.9 Å². The molecular formula is C14H26N2O4. The highest BCUT2D eigenvalue weighted by atomic mass is 16.5. The fourth-order valence-electron chi connectivity index (χ4n) is 2.77. The number of methoxy groups -OCH3 is 1. The molecule has 0 bridgehead atoms. The standard InChI is InChI=1S/C14H26N2O4/c1-10-6-4-5-7-12(10)16(2)14(19)15-11(13(17)18)8-9-20-3/h10-12H,4-9H2,1-3H3,(H,15,19)(H,17,18). The maximum Gasteiger partial charge on any atom is 0.326 e. The van der Waals surface area contributed by atoms with Crippen molar-refractivity contribution >= 4 is 12.0 Å². The minimum absolute atomic E-state index is 0.195. The zero-order valence-electron chi connectivity index (χ0n) is 12.6. The summed E-state index contributed by atoms with van der Waals surface area (Å²) in [6.45, 7) is 2.45. The van der Waals surface area contributed by atoms with E-state index in [1.807, 2.05) is 0 Å². The number of amides is 2. The molecule has 0 radical (unpaired) electrons. The summed E-state index contributed by atoms with van der Waals surface area (Å²) in [5, 5.41) is 11.7. The summed E-state index contributed by atoms with van der Waals surface area (Å²) >= 11 is 0. The Balaban J connectivity index is 2.56. The number of hydrogen-bond donors (Lipinski definition) is 2. The van der Waals surface area contributed by atoms with Crippen LogP contribution in [0.3, 0.4) is 0 Å². The van der Waals surface area contributed by atoms with Gasteiger partial charge in [-0.2, -0.15) is 0 Å². The topological polar surface area (TPSA) is 78.9 Å². The van der Waals surface area contributed by atoms with Gasteiger partial charge in [0.1, 0.15) is 6.04 Å². The van der Waals surface area contributed by atoms with Crippen molar-refractivity contribution in [3.05, 3.63) is 0 Å². The van der Waals surface area contributed by atoms with Crippen LogP contribution in [0.2, 0.25) is 0 Å². The van der Waals surface area contributed by atoms with E-state index in [0.29, 0.717) is 12.5 Å². The van der Waals surface area contributed by atoms with Crippen molar-refractivity contribution in [1.29, 1.82) is 0 Å². The molecule has 0 saturated heterocycles. The SMILES string of the molecule is COCCC(NC(=O)N(C)C1CCCCC1C)C(=O)O. The Hall–Kier alpha value is -1.30. The normalized spacial score (nSPS) is 23.9. The molecule has 3 atom stereocenters. The van der Waals surface area contributed by atoms with Gasteiger partial charge in [0.15, 0.2) is 0 Å². The third-order valence-electron chi connectivity index (χ3n) is 4.09. The third-order valence-corrected chi connectivity index (χ3v) is 4.09. The van der Waals surface area contributed by atoms with Crippen LogP contribution in [-0.2, 0) is 9.53 Å². The highest BCUT2D eigenvalue weighted by Crippen LogP contribution is 2.27. The number of nitrogens with zero attached hydrogens (tertiary/aromatic N) is 1. The quantitative estimate of drug-likeness (QED) is 0.779. The predicted molar refractivity (Wildman–Crippen MR) is 75.6 cm³/mol. The van der Waals surface area contributed by atoms with E-state index in [2.05, 4.69) is 12.2 Å². The van der Waals surface area contributed by atoms with E-state index in [0.717, 1.165) is 19.3 Å². The van der Waals surface area contributed by atoms with Gasteiger partial charge in [0, 0.05) is 33.2 Å². The first-order valence-electron chi connectivity index (χ1n) is 7.22. The molecular weight excluding hydrogens is 260 g/mol. The molecule has 1 fully saturated rings. The Bertz CT molecular complexity index is 335. The van der Waals surface area contributed by atoms with Crippen LogP contribution in [0.5, 0.6) is 0 Å². The summed E-state index contributed by atoms with van der Waals surface area (Å²) in [6.07, 6.45) is 4.71. The largest absolute Gasteiger partial charge is 0.480 e. The molecule has 1 aliphatic carbocycles. The Morgan fingerprint density at radius 2 is 2.05 bits per heavy atom. The third kappa shape index (κ3) is 4.67. The zero-order chi connectivity index (χ0) is 15.1. The number of ether oxygens (including phenoxy) is 1. The molecule has 0 aromatic carbocycles. The second-order valence-corrected chi connectivity index (χ2v) is 5.56. The fourth-order valence-corrected chi connectivity index (χ4v) is 2.77. The van der Waals surface area contributed by atoms with E-state index in [-0.39, 0.29) is 18.5 Å². The molecule has 20 heavy (non-hydrogen) atoms. The molecule has 1 aliphatic rings. The zero-order valence-corrected chi connectivity index (χ0v) is 12.6. The van der Waals surface area contributed by atoms with Crippen LogP contribution < -0.4 is 5.32 Å². The monoisotopic (exact) mass is 286 g/mol. The summed E-state index contributed by atoms with van der Waals surface area (Å²) < 4.78 is 4.87. The number of carbonyl (C=O) groups is 2. The van der Waals surface area contributed by atoms with Gasteiger partial charge in [-0.05, 0) is 18.8 Å². The number of aliphatic carboxylic acids is 1. The van der Waals surface area contributed by atoms with Gasteiger partial charge in [-0.3, -0.25) is 0 Å². The molecule has 1 saturated carbocycles. The lowest BCUT2D eigenvalue weighted by atomic mass is 9.85. The first-order valence-corrected chi connectivity index (χ1v) is 7.22. The van der Waals surface area contributed by atoms with Crippen LogP contribution in [0.4, 0.5) is 4.79 Å². The molecule has 6 heteroatoms. The highest BCUT2D eigenvalue weighted by Gasteiger charge is 2.29. The summed E-state index contributed by atoms with van der Waals surface area (Å²) in [5.74, 6) is -0.567. The second kappa shape index (κ2) is 8.09. The first kappa shape index (κ1) is 16.8. The van der Waals surface area contributed by atoms with Gasteiger partial charge < -0.3 is 20.1 Å². The number of nitrogens with one attached hydrogen (secondary N) is 1. The van der Waals surface area contributed by atoms with Gasteiger partial charge >= 0.3 is 12.0 Å². The predicted octanol–water partition coefficient (Wildman–Crippen LogP) is 1.70. The minimum atomic E-state index is -1.03. The maximum absolute atomic E-state index is 12.2. The van der Waals surface area contributed by atoms with E-state index in [1.165, 1.54) is 13.5 Å². The summed E-state index contributed by atoms with van der Waals surface area (Å²) in [4.78, 5) is 25.0. The van der Waals surface area contributed by atoms with Crippen LogP contribution in [0.15, 0.2) is 0 Å². The Morgan fingerprint density at radius 1 is 1.40 bits per heavy atom. The van der Waals surface area contributed by atoms with Crippen molar-refractivity contribution in [3.8, 4) is 0 Å². The molecule has 2 amide bonds. The molecule has 1 rings (SSSR count). The average Bonchev–Trinajstić information content (AvgIpc) is 2.42. The Kier molecular flexibility index (Phi) is 6.78. The molecule has 0 aliphatic heterocycles. The lowest BCUT2D eigenvalue weighted by Gasteiger charge is -2.36. The van der Waals surface area contributed by atoms with E-state index in [1.54, 1.807) is 11.9 Å².